The predicted octanol–water partition coefficient (Wildman–Crippen LogP) is 2.09. The summed E-state index contributed by atoms with van der Waals surface area (Å²) in [4.78, 5) is 34.8. The third kappa shape index (κ3) is 4.09. The number of carbonyl (C=O) groups is 2. The van der Waals surface area contributed by atoms with Crippen LogP contribution in [0.2, 0.25) is 0 Å². The Hall–Kier alpha value is -3.62. The van der Waals surface area contributed by atoms with E-state index in [1.54, 1.807) is 67.1 Å². The molecule has 180 valence electrons. The number of carbonyl (C=O) groups excluding carboxylic acids is 2. The van der Waals surface area contributed by atoms with Crippen molar-refractivity contribution in [2.24, 2.45) is 11.7 Å². The zero-order chi connectivity index (χ0) is 24.5. The number of esters is 1. The van der Waals surface area contributed by atoms with Gasteiger partial charge in [0.2, 0.25) is 11.6 Å². The molecule has 3 aliphatic rings. The van der Waals surface area contributed by atoms with Crippen LogP contribution in [0.3, 0.4) is 0 Å². The summed E-state index contributed by atoms with van der Waals surface area (Å²) in [5, 5.41) is 11.8. The average Bonchev–Trinajstić information content (AvgIpc) is 2.90. The van der Waals surface area contributed by atoms with Crippen LogP contribution < -0.4 is 5.73 Å². The Morgan fingerprint density at radius 2 is 1.60 bits per heavy atom. The van der Waals surface area contributed by atoms with Gasteiger partial charge in [0.15, 0.2) is 6.10 Å². The Kier molecular flexibility index (Phi) is 6.08. The highest BCUT2D eigenvalue weighted by atomic mass is 16.6. The summed E-state index contributed by atoms with van der Waals surface area (Å²) in [7, 11) is 0. The highest BCUT2D eigenvalue weighted by Crippen LogP contribution is 2.43. The molecule has 1 amide bonds. The van der Waals surface area contributed by atoms with Crippen molar-refractivity contribution >= 4 is 11.9 Å². The third-order valence-corrected chi connectivity index (χ3v) is 7.58. The molecule has 3 fully saturated rings. The number of primary amides is 1. The molecular weight excluding hydrogens is 444 g/mol. The van der Waals surface area contributed by atoms with E-state index in [1.807, 2.05) is 12.1 Å². The minimum atomic E-state index is -1.95. The first-order chi connectivity index (χ1) is 16.9. The number of nitrogens with zero attached hydrogens (tertiary/aromatic N) is 3. The Balaban J connectivity index is 1.46. The second kappa shape index (κ2) is 9.20. The molecule has 2 bridgehead atoms. The van der Waals surface area contributed by atoms with Gasteiger partial charge in [-0.25, -0.2) is 4.79 Å². The molecule has 1 aromatic heterocycles. The number of rotatable bonds is 7. The third-order valence-electron chi connectivity index (χ3n) is 7.58. The number of ether oxygens (including phenoxy) is 1. The molecule has 0 spiro atoms. The number of amides is 1. The largest absolute Gasteiger partial charge is 0.453 e. The number of aliphatic hydroxyl groups is 1. The zero-order valence-corrected chi connectivity index (χ0v) is 19.4. The van der Waals surface area contributed by atoms with E-state index in [4.69, 9.17) is 10.5 Å². The van der Waals surface area contributed by atoms with Crippen LogP contribution in [-0.2, 0) is 19.9 Å². The van der Waals surface area contributed by atoms with Crippen molar-refractivity contribution in [3.05, 3.63) is 96.1 Å². The van der Waals surface area contributed by atoms with Crippen LogP contribution in [0, 0.1) is 5.92 Å². The van der Waals surface area contributed by atoms with Crippen LogP contribution in [0.1, 0.15) is 35.7 Å². The van der Waals surface area contributed by atoms with Crippen molar-refractivity contribution in [3.63, 3.8) is 0 Å². The highest BCUT2D eigenvalue weighted by molar-refractivity contribution is 5.85. The molecule has 0 radical (unpaired) electrons. The Labute approximate surface area is 204 Å². The normalized spacial score (nSPS) is 24.5. The summed E-state index contributed by atoms with van der Waals surface area (Å²) in [5.74, 6) is -1.03. The molecule has 0 aliphatic carbocycles. The van der Waals surface area contributed by atoms with Crippen molar-refractivity contribution in [2.75, 3.05) is 19.6 Å². The minimum absolute atomic E-state index is 0.158. The quantitative estimate of drug-likeness (QED) is 0.401. The fourth-order valence-electron chi connectivity index (χ4n) is 5.79. The lowest BCUT2D eigenvalue weighted by molar-refractivity contribution is -0.965. The Morgan fingerprint density at radius 3 is 2.11 bits per heavy atom. The number of fused-ring (bicyclic) bond motifs is 3. The second-order valence-electron chi connectivity index (χ2n) is 9.51. The average molecular weight is 474 g/mol. The number of aromatic nitrogens is 2. The molecule has 2 aromatic carbocycles. The standard InChI is InChI=1S/C27H28N4O4/c28-25(32)24(22-17-29-13-14-30-22)31-15-11-19(12-16-31)23(18-31)35-26(33)27(34,20-7-3-1-4-8-20)21-9-5-2-6-10-21/h1-10,13-14,17,19,23-24,34H,11-12,15-16,18H2,(H-,28,32)/p+1/t19?,23-,24?,31?/m0/s1. The van der Waals surface area contributed by atoms with Crippen molar-refractivity contribution in [2.45, 2.75) is 30.6 Å². The maximum atomic E-state index is 13.7. The molecule has 2 atom stereocenters. The van der Waals surface area contributed by atoms with Gasteiger partial charge in [-0.2, -0.15) is 0 Å². The van der Waals surface area contributed by atoms with Crippen LogP contribution in [0.25, 0.3) is 0 Å². The van der Waals surface area contributed by atoms with Crippen LogP contribution in [0.15, 0.2) is 79.3 Å². The van der Waals surface area contributed by atoms with Gasteiger partial charge >= 0.3 is 5.97 Å². The van der Waals surface area contributed by atoms with Crippen molar-refractivity contribution in [1.82, 2.24) is 9.97 Å². The molecular formula is C27H29N4O4+. The number of hydrogen-bond acceptors (Lipinski definition) is 6. The van der Waals surface area contributed by atoms with E-state index in [0.717, 1.165) is 25.9 Å². The number of nitrogens with two attached hydrogens (primary N) is 1. The summed E-state index contributed by atoms with van der Waals surface area (Å²) < 4.78 is 6.47. The molecule has 3 aromatic rings. The second-order valence-corrected chi connectivity index (χ2v) is 9.51. The molecule has 1 unspecified atom stereocenters. The smallest absolute Gasteiger partial charge is 0.348 e. The van der Waals surface area contributed by atoms with Gasteiger partial charge in [0.05, 0.1) is 19.3 Å². The molecule has 0 saturated carbocycles. The van der Waals surface area contributed by atoms with Crippen molar-refractivity contribution in [1.29, 1.82) is 0 Å². The van der Waals surface area contributed by atoms with Crippen LogP contribution >= 0.6 is 0 Å². The molecule has 4 heterocycles. The first-order valence-electron chi connectivity index (χ1n) is 11.9. The van der Waals surface area contributed by atoms with Gasteiger partial charge in [0.1, 0.15) is 12.2 Å². The Morgan fingerprint density at radius 1 is 1.00 bits per heavy atom. The van der Waals surface area contributed by atoms with Gasteiger partial charge in [0.25, 0.3) is 5.91 Å². The van der Waals surface area contributed by atoms with Crippen molar-refractivity contribution in [3.8, 4) is 0 Å². The Bertz CT molecular complexity index is 1140. The fourth-order valence-corrected chi connectivity index (χ4v) is 5.79. The molecule has 35 heavy (non-hydrogen) atoms. The molecule has 8 heteroatoms. The maximum Gasteiger partial charge on any atom is 0.348 e. The molecule has 3 aliphatic heterocycles. The van der Waals surface area contributed by atoms with Gasteiger partial charge in [0, 0.05) is 31.2 Å². The molecule has 3 saturated heterocycles. The fraction of sp³-hybridized carbons (Fsp3) is 0.333. The van der Waals surface area contributed by atoms with Crippen LogP contribution in [0.4, 0.5) is 0 Å². The van der Waals surface area contributed by atoms with E-state index < -0.39 is 29.6 Å². The van der Waals surface area contributed by atoms with E-state index in [-0.39, 0.29) is 5.92 Å². The van der Waals surface area contributed by atoms with E-state index in [2.05, 4.69) is 9.97 Å². The molecule has 3 N–H and O–H groups in total. The number of quaternary nitrogens is 1. The maximum absolute atomic E-state index is 13.7. The zero-order valence-electron chi connectivity index (χ0n) is 19.4. The van der Waals surface area contributed by atoms with Gasteiger partial charge in [-0.3, -0.25) is 14.8 Å². The summed E-state index contributed by atoms with van der Waals surface area (Å²) in [6, 6.07) is 17.0. The van der Waals surface area contributed by atoms with Crippen molar-refractivity contribution < 1.29 is 23.9 Å². The highest BCUT2D eigenvalue weighted by Gasteiger charge is 2.55. The van der Waals surface area contributed by atoms with E-state index in [9.17, 15) is 14.7 Å². The molecule has 8 nitrogen and oxygen atoms in total. The van der Waals surface area contributed by atoms with E-state index >= 15 is 0 Å². The van der Waals surface area contributed by atoms with E-state index in [0.29, 0.717) is 27.8 Å². The topological polar surface area (TPSA) is 115 Å². The summed E-state index contributed by atoms with van der Waals surface area (Å²) >= 11 is 0. The summed E-state index contributed by atoms with van der Waals surface area (Å²) in [5.41, 5.74) is 5.33. The monoisotopic (exact) mass is 473 g/mol. The van der Waals surface area contributed by atoms with Gasteiger partial charge in [-0.15, -0.1) is 0 Å². The first-order valence-corrected chi connectivity index (χ1v) is 11.9. The lowest BCUT2D eigenvalue weighted by Gasteiger charge is -2.54. The summed E-state index contributed by atoms with van der Waals surface area (Å²) in [6.45, 7) is 1.91. The minimum Gasteiger partial charge on any atom is -0.453 e. The number of hydrogen-bond donors (Lipinski definition) is 2. The van der Waals surface area contributed by atoms with Gasteiger partial charge in [-0.05, 0) is 11.1 Å². The van der Waals surface area contributed by atoms with Crippen LogP contribution in [-0.4, -0.2) is 57.2 Å². The van der Waals surface area contributed by atoms with Gasteiger partial charge < -0.3 is 20.1 Å². The SMILES string of the molecule is NC(=O)C(c1cnccn1)[N+]12CCC(CC1)[C@@H](OC(=O)C(O)(c1ccccc1)c1ccccc1)C2. The lowest BCUT2D eigenvalue weighted by Crippen LogP contribution is -2.67. The number of piperidine rings is 3. The van der Waals surface area contributed by atoms with E-state index in [1.165, 1.54) is 0 Å². The summed E-state index contributed by atoms with van der Waals surface area (Å²) in [6.07, 6.45) is 5.81. The predicted molar refractivity (Wildman–Crippen MR) is 127 cm³/mol. The van der Waals surface area contributed by atoms with Gasteiger partial charge in [-0.1, -0.05) is 60.7 Å². The first kappa shape index (κ1) is 23.1. The lowest BCUT2D eigenvalue weighted by atomic mass is 9.80. The number of benzene rings is 2. The molecule has 6 rings (SSSR count). The van der Waals surface area contributed by atoms with Crippen LogP contribution in [0.5, 0.6) is 0 Å².